The van der Waals surface area contributed by atoms with Crippen LogP contribution >= 0.6 is 0 Å². The highest BCUT2D eigenvalue weighted by molar-refractivity contribution is 5.87. The molecule has 0 spiro atoms. The number of carbonyl (C=O) groups is 1. The topological polar surface area (TPSA) is 63.7 Å². The molecule has 1 heterocycles. The lowest BCUT2D eigenvalue weighted by Gasteiger charge is -2.22. The molecule has 2 rings (SSSR count). The van der Waals surface area contributed by atoms with Gasteiger partial charge in [-0.15, -0.1) is 0 Å². The van der Waals surface area contributed by atoms with Gasteiger partial charge in [0.05, 0.1) is 7.11 Å². The molecule has 0 N–H and O–H groups in total. The zero-order valence-corrected chi connectivity index (χ0v) is 16.7. The molecule has 1 atom stereocenters. The molecule has 26 heavy (non-hydrogen) atoms. The van der Waals surface area contributed by atoms with Gasteiger partial charge in [-0.1, -0.05) is 57.2 Å². The Balaban J connectivity index is 0.000000483. The Morgan fingerprint density at radius 3 is 2.19 bits per heavy atom. The first-order chi connectivity index (χ1) is 12.2. The third-order valence-corrected chi connectivity index (χ3v) is 4.69. The predicted molar refractivity (Wildman–Crippen MR) is 101 cm³/mol. The van der Waals surface area contributed by atoms with E-state index < -0.39 is 0 Å². The number of rotatable bonds is 3. The van der Waals surface area contributed by atoms with Crippen molar-refractivity contribution in [3.63, 3.8) is 0 Å². The summed E-state index contributed by atoms with van der Waals surface area (Å²) in [6, 6.07) is 10.8. The van der Waals surface area contributed by atoms with Gasteiger partial charge in [-0.05, 0) is 30.7 Å². The van der Waals surface area contributed by atoms with Crippen molar-refractivity contribution in [1.82, 2.24) is 4.90 Å². The second-order valence-corrected chi connectivity index (χ2v) is 7.09. The molecule has 0 unspecified atom stereocenters. The van der Waals surface area contributed by atoms with Crippen LogP contribution in [-0.4, -0.2) is 37.2 Å². The quantitative estimate of drug-likeness (QED) is 0.607. The number of ether oxygens (including phenoxy) is 1. The van der Waals surface area contributed by atoms with E-state index in [0.717, 1.165) is 12.5 Å². The first kappa shape index (κ1) is 23.8. The zero-order chi connectivity index (χ0) is 20.2. The lowest BCUT2D eigenvalue weighted by molar-refractivity contribution is -0.191. The number of hydrogen-bond acceptors (Lipinski definition) is 5. The van der Waals surface area contributed by atoms with Gasteiger partial charge >= 0.3 is 12.1 Å². The van der Waals surface area contributed by atoms with Crippen LogP contribution in [0, 0.1) is 11.3 Å². The van der Waals surface area contributed by atoms with Gasteiger partial charge in [-0.2, -0.15) is 9.59 Å². The van der Waals surface area contributed by atoms with Crippen LogP contribution in [0.3, 0.4) is 0 Å². The van der Waals surface area contributed by atoms with Gasteiger partial charge in [-0.25, -0.2) is 4.79 Å². The monoisotopic (exact) mass is 361 g/mol. The molecular formula is C21H31NO4. The lowest BCUT2D eigenvalue weighted by atomic mass is 9.84. The third-order valence-electron chi connectivity index (χ3n) is 4.69. The molecule has 1 aromatic rings. The second-order valence-electron chi connectivity index (χ2n) is 7.09. The van der Waals surface area contributed by atoms with Gasteiger partial charge < -0.3 is 4.74 Å². The Bertz CT molecular complexity index is 602. The summed E-state index contributed by atoms with van der Waals surface area (Å²) in [5.74, 6) is 0.550. The fraction of sp³-hybridized carbons (Fsp3) is 0.524. The van der Waals surface area contributed by atoms with Crippen molar-refractivity contribution in [1.29, 1.82) is 0 Å². The molecule has 0 saturated carbocycles. The Labute approximate surface area is 157 Å². The highest BCUT2D eigenvalue weighted by Gasteiger charge is 2.35. The molecule has 0 radical (unpaired) electrons. The Kier molecular flexibility index (Phi) is 11.1. The first-order valence-corrected chi connectivity index (χ1v) is 8.68. The SMILES string of the molecule is C/C=C(/C)C(=O)OC.C[C@H]1CN(Cc2ccccc2)CC1(C)C.O=C=O. The summed E-state index contributed by atoms with van der Waals surface area (Å²) in [7, 11) is 1.37. The Morgan fingerprint density at radius 2 is 1.85 bits per heavy atom. The van der Waals surface area contributed by atoms with E-state index in [0.29, 0.717) is 11.0 Å². The molecule has 0 aliphatic carbocycles. The van der Waals surface area contributed by atoms with Gasteiger partial charge in [0.15, 0.2) is 0 Å². The maximum absolute atomic E-state index is 10.5. The molecule has 1 aromatic carbocycles. The first-order valence-electron chi connectivity index (χ1n) is 8.68. The van der Waals surface area contributed by atoms with Crippen LogP contribution in [0.1, 0.15) is 40.2 Å². The summed E-state index contributed by atoms with van der Waals surface area (Å²) in [5, 5.41) is 0. The number of allylic oxidation sites excluding steroid dienone is 1. The average Bonchev–Trinajstić information content (AvgIpc) is 2.87. The largest absolute Gasteiger partial charge is 0.466 e. The summed E-state index contributed by atoms with van der Waals surface area (Å²) in [6.45, 7) is 14.2. The Morgan fingerprint density at radius 1 is 1.31 bits per heavy atom. The van der Waals surface area contributed by atoms with Crippen LogP contribution < -0.4 is 0 Å². The standard InChI is InChI=1S/C14H21N.C6H10O2.CO2/c1-12-9-15(11-14(12,2)3)10-13-7-5-4-6-8-13;1-4-5(2)6(7)8-3;2-1-3/h4-8,12H,9-11H2,1-3H3;4H,1-3H3;/b;5-4-;/t12-;;/m0../s1. The van der Waals surface area contributed by atoms with Crippen LogP contribution in [0.4, 0.5) is 0 Å². The van der Waals surface area contributed by atoms with E-state index in [2.05, 4.69) is 60.7 Å². The minimum atomic E-state index is -0.257. The van der Waals surface area contributed by atoms with Crippen molar-refractivity contribution < 1.29 is 19.1 Å². The number of likely N-dealkylation sites (tertiary alicyclic amines) is 1. The molecule has 1 aliphatic heterocycles. The fourth-order valence-electron chi connectivity index (χ4n) is 2.67. The van der Waals surface area contributed by atoms with Crippen LogP contribution in [0.25, 0.3) is 0 Å². The number of esters is 1. The Hall–Kier alpha value is -2.23. The summed E-state index contributed by atoms with van der Waals surface area (Å²) in [6.07, 6.45) is 1.96. The van der Waals surface area contributed by atoms with Gasteiger partial charge in [-0.3, -0.25) is 4.90 Å². The molecule has 5 nitrogen and oxygen atoms in total. The normalized spacial score (nSPS) is 18.5. The summed E-state index contributed by atoms with van der Waals surface area (Å²) < 4.78 is 4.40. The van der Waals surface area contributed by atoms with Crippen molar-refractivity contribution in [2.45, 2.75) is 41.2 Å². The zero-order valence-electron chi connectivity index (χ0n) is 16.7. The van der Waals surface area contributed by atoms with E-state index in [-0.39, 0.29) is 12.1 Å². The average molecular weight is 361 g/mol. The van der Waals surface area contributed by atoms with Crippen LogP contribution in [0.5, 0.6) is 0 Å². The molecular weight excluding hydrogens is 330 g/mol. The summed E-state index contributed by atoms with van der Waals surface area (Å²) in [4.78, 5) is 29.3. The van der Waals surface area contributed by atoms with E-state index >= 15 is 0 Å². The highest BCUT2D eigenvalue weighted by atomic mass is 16.5. The van der Waals surface area contributed by atoms with Crippen molar-refractivity contribution in [3.8, 4) is 0 Å². The van der Waals surface area contributed by atoms with Crippen molar-refractivity contribution in [2.75, 3.05) is 20.2 Å². The summed E-state index contributed by atoms with van der Waals surface area (Å²) >= 11 is 0. The van der Waals surface area contributed by atoms with Crippen LogP contribution in [0.2, 0.25) is 0 Å². The molecule has 144 valence electrons. The maximum atomic E-state index is 10.5. The van der Waals surface area contributed by atoms with E-state index in [1.807, 2.05) is 0 Å². The van der Waals surface area contributed by atoms with Crippen molar-refractivity contribution >= 4 is 12.1 Å². The molecule has 1 fully saturated rings. The number of carbonyl (C=O) groups excluding carboxylic acids is 3. The lowest BCUT2D eigenvalue weighted by Crippen LogP contribution is -2.23. The second kappa shape index (κ2) is 12.2. The molecule has 1 aliphatic rings. The van der Waals surface area contributed by atoms with Gasteiger partial charge in [0.1, 0.15) is 0 Å². The number of methoxy groups -OCH3 is 1. The highest BCUT2D eigenvalue weighted by Crippen LogP contribution is 2.35. The van der Waals surface area contributed by atoms with Crippen molar-refractivity contribution in [3.05, 3.63) is 47.5 Å². The number of nitrogens with zero attached hydrogens (tertiary/aromatic N) is 1. The van der Waals surface area contributed by atoms with E-state index in [9.17, 15) is 4.79 Å². The van der Waals surface area contributed by atoms with E-state index in [4.69, 9.17) is 9.59 Å². The molecule has 0 amide bonds. The summed E-state index contributed by atoms with van der Waals surface area (Å²) in [5.41, 5.74) is 2.56. The molecule has 0 aromatic heterocycles. The van der Waals surface area contributed by atoms with Gasteiger partial charge in [0.2, 0.25) is 0 Å². The van der Waals surface area contributed by atoms with Gasteiger partial charge in [0.25, 0.3) is 0 Å². The van der Waals surface area contributed by atoms with Crippen LogP contribution in [0.15, 0.2) is 42.0 Å². The molecule has 1 saturated heterocycles. The van der Waals surface area contributed by atoms with E-state index in [1.54, 1.807) is 19.9 Å². The number of benzene rings is 1. The van der Waals surface area contributed by atoms with Crippen LogP contribution in [-0.2, 0) is 25.7 Å². The smallest absolute Gasteiger partial charge is 0.373 e. The maximum Gasteiger partial charge on any atom is 0.373 e. The number of hydrogen-bond donors (Lipinski definition) is 0. The predicted octanol–water partition coefficient (Wildman–Crippen LogP) is 3.71. The van der Waals surface area contributed by atoms with Crippen molar-refractivity contribution in [2.24, 2.45) is 11.3 Å². The molecule has 5 heteroatoms. The minimum absolute atomic E-state index is 0.250. The fourth-order valence-corrected chi connectivity index (χ4v) is 2.67. The minimum Gasteiger partial charge on any atom is -0.466 e. The van der Waals surface area contributed by atoms with E-state index in [1.165, 1.54) is 25.8 Å². The molecule has 0 bridgehead atoms. The van der Waals surface area contributed by atoms with Gasteiger partial charge in [0, 0.05) is 25.2 Å². The third kappa shape index (κ3) is 8.75.